The first-order valence-corrected chi connectivity index (χ1v) is 9.59. The Kier molecular flexibility index (Phi) is 4.62. The van der Waals surface area contributed by atoms with Crippen LogP contribution in [0.15, 0.2) is 65.5 Å². The molecule has 0 radical (unpaired) electrons. The lowest BCUT2D eigenvalue weighted by Crippen LogP contribution is -2.40. The number of hydrogen-bond donors (Lipinski definition) is 1. The van der Waals surface area contributed by atoms with Gasteiger partial charge < -0.3 is 5.11 Å². The fourth-order valence-electron chi connectivity index (χ4n) is 3.85. The molecule has 0 aliphatic carbocycles. The van der Waals surface area contributed by atoms with Crippen LogP contribution in [0, 0.1) is 13.8 Å². The van der Waals surface area contributed by atoms with Gasteiger partial charge in [0.05, 0.1) is 11.3 Å². The van der Waals surface area contributed by atoms with E-state index < -0.39 is 0 Å². The van der Waals surface area contributed by atoms with E-state index in [0.29, 0.717) is 12.0 Å². The van der Waals surface area contributed by atoms with Crippen LogP contribution in [0.4, 0.5) is 0 Å². The minimum atomic E-state index is -0.0647. The van der Waals surface area contributed by atoms with Crippen LogP contribution >= 0.6 is 0 Å². The molecule has 0 unspecified atom stereocenters. The summed E-state index contributed by atoms with van der Waals surface area (Å²) in [4.78, 5) is 13.2. The lowest BCUT2D eigenvalue weighted by atomic mass is 10.1. The molecular formula is C23H25N4O2+. The second kappa shape index (κ2) is 7.13. The zero-order valence-electron chi connectivity index (χ0n) is 17.1. The maximum absolute atomic E-state index is 13.2. The van der Waals surface area contributed by atoms with Crippen molar-refractivity contribution in [2.45, 2.75) is 20.3 Å². The van der Waals surface area contributed by atoms with Gasteiger partial charge in [-0.05, 0) is 31.2 Å². The van der Waals surface area contributed by atoms with E-state index in [1.54, 1.807) is 9.36 Å². The molecular weight excluding hydrogens is 364 g/mol. The van der Waals surface area contributed by atoms with E-state index in [9.17, 15) is 9.90 Å². The predicted molar refractivity (Wildman–Crippen MR) is 112 cm³/mol. The Morgan fingerprint density at radius 2 is 1.45 bits per heavy atom. The Morgan fingerprint density at radius 3 is 2.03 bits per heavy atom. The molecule has 0 fully saturated rings. The normalized spacial score (nSPS) is 11.2. The highest BCUT2D eigenvalue weighted by Crippen LogP contribution is 2.26. The van der Waals surface area contributed by atoms with Crippen molar-refractivity contribution in [1.29, 1.82) is 0 Å². The van der Waals surface area contributed by atoms with E-state index in [4.69, 9.17) is 0 Å². The number of benzene rings is 2. The molecule has 4 aromatic rings. The van der Waals surface area contributed by atoms with Crippen molar-refractivity contribution in [2.75, 3.05) is 0 Å². The van der Waals surface area contributed by atoms with Crippen molar-refractivity contribution < 1.29 is 9.79 Å². The summed E-state index contributed by atoms with van der Waals surface area (Å²) in [6, 6.07) is 19.3. The van der Waals surface area contributed by atoms with Crippen molar-refractivity contribution >= 4 is 0 Å². The van der Waals surface area contributed by atoms with E-state index >= 15 is 0 Å². The number of aromatic hydroxyl groups is 1. The first kappa shape index (κ1) is 18.8. The predicted octanol–water partition coefficient (Wildman–Crippen LogP) is 2.70. The Bertz CT molecular complexity index is 1230. The fourth-order valence-corrected chi connectivity index (χ4v) is 3.85. The molecule has 2 heterocycles. The molecule has 2 aromatic carbocycles. The largest absolute Gasteiger partial charge is 0.490 e. The fraction of sp³-hybridized carbons (Fsp3) is 0.217. The molecule has 0 spiro atoms. The van der Waals surface area contributed by atoms with Crippen LogP contribution in [0.2, 0.25) is 0 Å². The van der Waals surface area contributed by atoms with Crippen LogP contribution in [0.5, 0.6) is 5.88 Å². The Labute approximate surface area is 169 Å². The van der Waals surface area contributed by atoms with Gasteiger partial charge >= 0.3 is 0 Å². The van der Waals surface area contributed by atoms with Crippen molar-refractivity contribution in [3.63, 3.8) is 0 Å². The van der Waals surface area contributed by atoms with Gasteiger partial charge in [0.15, 0.2) is 7.05 Å². The summed E-state index contributed by atoms with van der Waals surface area (Å²) < 4.78 is 7.21. The van der Waals surface area contributed by atoms with Gasteiger partial charge in [0.25, 0.3) is 11.4 Å². The Morgan fingerprint density at radius 1 is 0.897 bits per heavy atom. The molecule has 148 valence electrons. The smallest absolute Gasteiger partial charge is 0.275 e. The maximum atomic E-state index is 13.2. The van der Waals surface area contributed by atoms with E-state index in [-0.39, 0.29) is 11.4 Å². The molecule has 2 aromatic heterocycles. The van der Waals surface area contributed by atoms with Crippen molar-refractivity contribution in [2.24, 2.45) is 14.1 Å². The van der Waals surface area contributed by atoms with Crippen LogP contribution < -0.4 is 10.2 Å². The molecule has 6 heteroatoms. The van der Waals surface area contributed by atoms with Crippen molar-refractivity contribution in [3.8, 4) is 17.3 Å². The van der Waals surface area contributed by atoms with E-state index in [0.717, 1.165) is 28.3 Å². The molecule has 6 nitrogen and oxygen atoms in total. The van der Waals surface area contributed by atoms with Crippen LogP contribution in [-0.4, -0.2) is 19.2 Å². The molecule has 0 amide bonds. The van der Waals surface area contributed by atoms with Gasteiger partial charge in [-0.1, -0.05) is 41.1 Å². The number of para-hydroxylation sites is 2. The lowest BCUT2D eigenvalue weighted by molar-refractivity contribution is -0.750. The van der Waals surface area contributed by atoms with E-state index in [1.807, 2.05) is 98.0 Å². The average molecular weight is 389 g/mol. The molecule has 0 bridgehead atoms. The molecule has 0 aliphatic rings. The third-order valence-corrected chi connectivity index (χ3v) is 5.72. The molecule has 0 atom stereocenters. The Balaban J connectivity index is 1.84. The maximum Gasteiger partial charge on any atom is 0.275 e. The highest BCUT2D eigenvalue weighted by Gasteiger charge is 2.28. The first-order chi connectivity index (χ1) is 13.9. The summed E-state index contributed by atoms with van der Waals surface area (Å²) in [5, 5.41) is 11.0. The van der Waals surface area contributed by atoms with Gasteiger partial charge in [-0.2, -0.15) is 0 Å². The monoisotopic (exact) mass is 389 g/mol. The van der Waals surface area contributed by atoms with Crippen LogP contribution in [0.3, 0.4) is 0 Å². The second-order valence-electron chi connectivity index (χ2n) is 7.28. The summed E-state index contributed by atoms with van der Waals surface area (Å²) in [6.07, 6.45) is 0.365. The average Bonchev–Trinajstić information content (AvgIpc) is 3.08. The van der Waals surface area contributed by atoms with E-state index in [1.165, 1.54) is 0 Å². The molecule has 0 saturated heterocycles. The minimum absolute atomic E-state index is 0.0647. The van der Waals surface area contributed by atoms with E-state index in [2.05, 4.69) is 0 Å². The molecule has 29 heavy (non-hydrogen) atoms. The summed E-state index contributed by atoms with van der Waals surface area (Å²) in [5.74, 6) is 0.158. The number of rotatable bonds is 4. The Hall–Kier alpha value is -3.54. The minimum Gasteiger partial charge on any atom is -0.490 e. The summed E-state index contributed by atoms with van der Waals surface area (Å²) >= 11 is 0. The molecule has 0 saturated carbocycles. The third kappa shape index (κ3) is 2.97. The zero-order chi connectivity index (χ0) is 20.7. The van der Waals surface area contributed by atoms with Gasteiger partial charge in [0, 0.05) is 31.6 Å². The van der Waals surface area contributed by atoms with Crippen LogP contribution in [-0.2, 0) is 20.5 Å². The summed E-state index contributed by atoms with van der Waals surface area (Å²) in [7, 11) is 3.79. The number of aromatic nitrogens is 4. The first-order valence-electron chi connectivity index (χ1n) is 9.59. The number of nitrogens with zero attached hydrogens (tertiary/aromatic N) is 4. The SMILES string of the molecule is Cc1c(Cc2c(O)n(-c3ccccc3)[n+](C)c2C)c(=O)n(-c2ccccc2)n1C. The topological polar surface area (TPSA) is 56.0 Å². The third-order valence-electron chi connectivity index (χ3n) is 5.72. The lowest BCUT2D eigenvalue weighted by Gasteiger charge is -2.07. The van der Waals surface area contributed by atoms with Gasteiger partial charge in [-0.15, -0.1) is 4.68 Å². The van der Waals surface area contributed by atoms with Crippen molar-refractivity contribution in [1.82, 2.24) is 14.0 Å². The van der Waals surface area contributed by atoms with Crippen LogP contribution in [0.25, 0.3) is 11.4 Å². The summed E-state index contributed by atoms with van der Waals surface area (Å²) in [6.45, 7) is 3.90. The van der Waals surface area contributed by atoms with Gasteiger partial charge in [-0.3, -0.25) is 9.48 Å². The van der Waals surface area contributed by atoms with Gasteiger partial charge in [0.2, 0.25) is 5.69 Å². The van der Waals surface area contributed by atoms with Gasteiger partial charge in [0.1, 0.15) is 5.69 Å². The second-order valence-corrected chi connectivity index (χ2v) is 7.28. The van der Waals surface area contributed by atoms with Crippen LogP contribution in [0.1, 0.15) is 22.5 Å². The quantitative estimate of drug-likeness (QED) is 0.546. The highest BCUT2D eigenvalue weighted by atomic mass is 16.3. The summed E-state index contributed by atoms with van der Waals surface area (Å²) in [5.41, 5.74) is 4.86. The molecule has 0 aliphatic heterocycles. The molecule has 4 rings (SSSR count). The standard InChI is InChI=1S/C23H24N4O2/c1-16-20(22(28)26(24(16)3)18-11-7-5-8-12-18)15-21-17(2)25(4)27(23(21)29)19-13-9-6-10-14-19/h5-14H,15H2,1-4H3/p+1. The molecule has 1 N–H and O–H groups in total. The van der Waals surface area contributed by atoms with Gasteiger partial charge in [-0.25, -0.2) is 4.68 Å². The van der Waals surface area contributed by atoms with Crippen molar-refractivity contribution in [3.05, 3.63) is 93.5 Å². The number of hydrogen-bond acceptors (Lipinski definition) is 2. The highest BCUT2D eigenvalue weighted by molar-refractivity contribution is 5.41. The zero-order valence-corrected chi connectivity index (χ0v) is 17.1.